The molecule has 0 bridgehead atoms. The van der Waals surface area contributed by atoms with Crippen LogP contribution in [0.5, 0.6) is 0 Å². The Balaban J connectivity index is 1.53. The molecule has 0 saturated carbocycles. The molecule has 1 aromatic rings. The van der Waals surface area contributed by atoms with Crippen LogP contribution >= 0.6 is 11.8 Å². The van der Waals surface area contributed by atoms with Crippen LogP contribution in [0.15, 0.2) is 48.6 Å². The minimum Gasteiger partial charge on any atom is -0.458 e. The molecular formula is C23H24O8S. The van der Waals surface area contributed by atoms with Gasteiger partial charge in [0.1, 0.15) is 25.4 Å². The van der Waals surface area contributed by atoms with Crippen molar-refractivity contribution in [2.45, 2.75) is 31.5 Å². The molecule has 0 spiro atoms. The highest BCUT2D eigenvalue weighted by Gasteiger charge is 2.24. The lowest BCUT2D eigenvalue weighted by Crippen LogP contribution is -2.30. The van der Waals surface area contributed by atoms with Crippen LogP contribution in [0.1, 0.15) is 40.0 Å². The molecule has 0 aliphatic carbocycles. The third-order valence-electron chi connectivity index (χ3n) is 4.87. The van der Waals surface area contributed by atoms with Gasteiger partial charge in [0.25, 0.3) is 0 Å². The number of cyclic esters (lactones) is 2. The van der Waals surface area contributed by atoms with Gasteiger partial charge in [-0.2, -0.15) is 11.8 Å². The number of ether oxygens (including phenoxy) is 4. The van der Waals surface area contributed by atoms with Crippen molar-refractivity contribution in [2.75, 3.05) is 24.7 Å². The number of thioether (sulfide) groups is 1. The number of rotatable bonds is 4. The first-order valence-electron chi connectivity index (χ1n) is 10.1. The number of hydrogen-bond acceptors (Lipinski definition) is 9. The van der Waals surface area contributed by atoms with E-state index in [4.69, 9.17) is 18.9 Å². The number of carbonyl (C=O) groups is 4. The molecule has 2 saturated heterocycles. The molecule has 8 nitrogen and oxygen atoms in total. The summed E-state index contributed by atoms with van der Waals surface area (Å²) in [6.45, 7) is 7.23. The fourth-order valence-corrected chi connectivity index (χ4v) is 3.94. The van der Waals surface area contributed by atoms with Gasteiger partial charge >= 0.3 is 23.9 Å². The molecule has 2 heterocycles. The lowest BCUT2D eigenvalue weighted by molar-refractivity contribution is -0.143. The molecule has 3 rings (SSSR count). The zero-order chi connectivity index (χ0) is 23.1. The maximum atomic E-state index is 12.4. The fraction of sp³-hybridized carbons (Fsp3) is 0.391. The molecule has 9 heteroatoms. The average Bonchev–Trinajstić information content (AvgIpc) is 2.78. The van der Waals surface area contributed by atoms with Gasteiger partial charge in [-0.15, -0.1) is 0 Å². The van der Waals surface area contributed by atoms with E-state index in [-0.39, 0.29) is 24.3 Å². The highest BCUT2D eigenvalue weighted by molar-refractivity contribution is 7.99. The molecule has 0 N–H and O–H groups in total. The predicted molar refractivity (Wildman–Crippen MR) is 116 cm³/mol. The first kappa shape index (κ1) is 23.6. The molecule has 2 aliphatic rings. The SMILES string of the molecule is C=C1CCCC(OC(=O)c2ccc(C(=O)OC3COC(=O)C(=C)CSC3)cc2)COC1=O. The zero-order valence-electron chi connectivity index (χ0n) is 17.5. The fourth-order valence-electron chi connectivity index (χ4n) is 3.03. The molecular weight excluding hydrogens is 436 g/mol. The van der Waals surface area contributed by atoms with Gasteiger partial charge in [0.05, 0.1) is 11.1 Å². The Labute approximate surface area is 189 Å². The van der Waals surface area contributed by atoms with Crippen LogP contribution in [0.25, 0.3) is 0 Å². The van der Waals surface area contributed by atoms with Crippen molar-refractivity contribution in [3.8, 4) is 0 Å². The Morgan fingerprint density at radius 2 is 1.41 bits per heavy atom. The summed E-state index contributed by atoms with van der Waals surface area (Å²) in [5.74, 6) is -1.24. The third kappa shape index (κ3) is 6.46. The van der Waals surface area contributed by atoms with Crippen LogP contribution in [-0.4, -0.2) is 60.8 Å². The molecule has 2 atom stereocenters. The van der Waals surface area contributed by atoms with Gasteiger partial charge in [0, 0.05) is 22.7 Å². The van der Waals surface area contributed by atoms with E-state index in [1.807, 2.05) is 0 Å². The van der Waals surface area contributed by atoms with Crippen molar-refractivity contribution >= 4 is 35.6 Å². The van der Waals surface area contributed by atoms with E-state index in [0.717, 1.165) is 0 Å². The Kier molecular flexibility index (Phi) is 8.10. The highest BCUT2D eigenvalue weighted by atomic mass is 32.2. The minimum absolute atomic E-state index is 0.0225. The Hall–Kier alpha value is -3.07. The summed E-state index contributed by atoms with van der Waals surface area (Å²) in [6.07, 6.45) is 0.600. The van der Waals surface area contributed by atoms with Gasteiger partial charge in [-0.1, -0.05) is 13.2 Å². The largest absolute Gasteiger partial charge is 0.458 e. The third-order valence-corrected chi connectivity index (χ3v) is 6.03. The molecule has 32 heavy (non-hydrogen) atoms. The summed E-state index contributed by atoms with van der Waals surface area (Å²) >= 11 is 1.44. The van der Waals surface area contributed by atoms with Crippen LogP contribution in [0.2, 0.25) is 0 Å². The minimum atomic E-state index is -0.585. The number of benzene rings is 1. The lowest BCUT2D eigenvalue weighted by Gasteiger charge is -2.21. The molecule has 2 unspecified atom stereocenters. The molecule has 0 radical (unpaired) electrons. The first-order valence-corrected chi connectivity index (χ1v) is 11.3. The molecule has 1 aromatic carbocycles. The second kappa shape index (κ2) is 11.0. The van der Waals surface area contributed by atoms with Crippen LogP contribution < -0.4 is 0 Å². The van der Waals surface area contributed by atoms with Crippen molar-refractivity contribution in [3.05, 3.63) is 59.7 Å². The van der Waals surface area contributed by atoms with E-state index in [2.05, 4.69) is 13.2 Å². The van der Waals surface area contributed by atoms with E-state index >= 15 is 0 Å². The summed E-state index contributed by atoms with van der Waals surface area (Å²) in [6, 6.07) is 5.86. The summed E-state index contributed by atoms with van der Waals surface area (Å²) in [5, 5.41) is 0. The van der Waals surface area contributed by atoms with Crippen LogP contribution in [0, 0.1) is 0 Å². The van der Waals surface area contributed by atoms with Gasteiger partial charge in [-0.25, -0.2) is 19.2 Å². The first-order chi connectivity index (χ1) is 15.3. The second-order valence-corrected chi connectivity index (χ2v) is 8.47. The van der Waals surface area contributed by atoms with Crippen molar-refractivity contribution in [2.24, 2.45) is 0 Å². The zero-order valence-corrected chi connectivity index (χ0v) is 18.3. The molecule has 0 aromatic heterocycles. The summed E-state index contributed by atoms with van der Waals surface area (Å²) in [4.78, 5) is 48.1. The molecule has 0 amide bonds. The Morgan fingerprint density at radius 1 is 0.875 bits per heavy atom. The summed E-state index contributed by atoms with van der Waals surface area (Å²) in [5.41, 5.74) is 1.31. The monoisotopic (exact) mass is 460 g/mol. The predicted octanol–water partition coefficient (Wildman–Crippen LogP) is 2.87. The van der Waals surface area contributed by atoms with Gasteiger partial charge in [0.2, 0.25) is 0 Å². The standard InChI is InChI=1S/C23H24O8S/c1-14-4-3-5-18(10-28-20(14)24)30-22(26)16-6-8-17(9-7-16)23(27)31-19-11-29-21(25)15(2)12-32-13-19/h6-9,18-19H,1-5,10-13H2. The Morgan fingerprint density at radius 3 is 2.03 bits per heavy atom. The number of esters is 4. The topological polar surface area (TPSA) is 105 Å². The maximum Gasteiger partial charge on any atom is 0.338 e. The van der Waals surface area contributed by atoms with Crippen LogP contribution in [0.4, 0.5) is 0 Å². The van der Waals surface area contributed by atoms with E-state index in [9.17, 15) is 19.2 Å². The number of hydrogen-bond donors (Lipinski definition) is 0. The highest BCUT2D eigenvalue weighted by Crippen LogP contribution is 2.19. The molecule has 2 aliphatic heterocycles. The van der Waals surface area contributed by atoms with Crippen molar-refractivity contribution in [3.63, 3.8) is 0 Å². The van der Waals surface area contributed by atoms with Gasteiger partial charge in [-0.05, 0) is 43.5 Å². The number of carbonyl (C=O) groups excluding carboxylic acids is 4. The van der Waals surface area contributed by atoms with E-state index in [1.165, 1.54) is 36.0 Å². The van der Waals surface area contributed by atoms with Crippen LogP contribution in [-0.2, 0) is 28.5 Å². The average molecular weight is 461 g/mol. The smallest absolute Gasteiger partial charge is 0.338 e. The molecule has 170 valence electrons. The van der Waals surface area contributed by atoms with Gasteiger partial charge < -0.3 is 18.9 Å². The van der Waals surface area contributed by atoms with Crippen molar-refractivity contribution < 1.29 is 38.1 Å². The van der Waals surface area contributed by atoms with E-state index in [1.54, 1.807) is 0 Å². The molecule has 2 fully saturated rings. The quantitative estimate of drug-likeness (QED) is 0.381. The van der Waals surface area contributed by atoms with E-state index in [0.29, 0.717) is 41.9 Å². The van der Waals surface area contributed by atoms with Crippen LogP contribution in [0.3, 0.4) is 0 Å². The second-order valence-electron chi connectivity index (χ2n) is 7.44. The summed E-state index contributed by atoms with van der Waals surface area (Å²) < 4.78 is 21.0. The van der Waals surface area contributed by atoms with Crippen molar-refractivity contribution in [1.29, 1.82) is 0 Å². The van der Waals surface area contributed by atoms with E-state index < -0.39 is 36.1 Å². The van der Waals surface area contributed by atoms with Crippen molar-refractivity contribution in [1.82, 2.24) is 0 Å². The van der Waals surface area contributed by atoms with Gasteiger partial charge in [0.15, 0.2) is 0 Å². The maximum absolute atomic E-state index is 12.4. The summed E-state index contributed by atoms with van der Waals surface area (Å²) in [7, 11) is 0. The van der Waals surface area contributed by atoms with Gasteiger partial charge in [-0.3, -0.25) is 0 Å². The lowest BCUT2D eigenvalue weighted by atomic mass is 10.1. The Bertz CT molecular complexity index is 845. The normalized spacial score (nSPS) is 22.4.